The van der Waals surface area contributed by atoms with Crippen molar-refractivity contribution in [3.05, 3.63) is 52.8 Å². The molecule has 8 heteroatoms. The zero-order valence-corrected chi connectivity index (χ0v) is 18.5. The monoisotopic (exact) mass is 427 g/mol. The number of nitrogens with one attached hydrogen (secondary N) is 1. The Kier molecular flexibility index (Phi) is 4.70. The second-order valence-corrected chi connectivity index (χ2v) is 8.89. The molecule has 1 spiro atoms. The number of pyridine rings is 1. The molecular weight excluding hydrogens is 402 g/mol. The summed E-state index contributed by atoms with van der Waals surface area (Å²) in [6, 6.07) is 10.00. The maximum absolute atomic E-state index is 12.5. The molecule has 4 heterocycles. The van der Waals surface area contributed by atoms with Crippen LogP contribution in [0.3, 0.4) is 0 Å². The Morgan fingerprint density at radius 2 is 2.03 bits per heavy atom. The van der Waals surface area contributed by atoms with Gasteiger partial charge in [0.25, 0.3) is 0 Å². The first-order valence-corrected chi connectivity index (χ1v) is 10.8. The van der Waals surface area contributed by atoms with Crippen molar-refractivity contribution in [1.82, 2.24) is 20.1 Å². The number of carbonyl (C=O) groups excluding carboxylic acids is 1. The van der Waals surface area contributed by atoms with Crippen molar-refractivity contribution in [3.8, 4) is 6.07 Å². The zero-order chi connectivity index (χ0) is 22.5. The number of amides is 1. The number of rotatable bonds is 4. The molecule has 162 valence electrons. The predicted octanol–water partition coefficient (Wildman–Crippen LogP) is 2.79. The third-order valence-electron chi connectivity index (χ3n) is 6.88. The molecule has 32 heavy (non-hydrogen) atoms. The molecule has 5 rings (SSSR count). The van der Waals surface area contributed by atoms with Gasteiger partial charge in [0, 0.05) is 50.2 Å². The number of hydrogen-bond donors (Lipinski definition) is 1. The van der Waals surface area contributed by atoms with Gasteiger partial charge in [-0.25, -0.2) is 4.98 Å². The van der Waals surface area contributed by atoms with E-state index in [9.17, 15) is 10.1 Å². The fourth-order valence-electron chi connectivity index (χ4n) is 4.77. The highest BCUT2D eigenvalue weighted by Gasteiger charge is 2.54. The molecule has 8 nitrogen and oxygen atoms in total. The second kappa shape index (κ2) is 7.45. The van der Waals surface area contributed by atoms with E-state index >= 15 is 0 Å². The first-order valence-electron chi connectivity index (χ1n) is 10.8. The van der Waals surface area contributed by atoms with Gasteiger partial charge in [0.15, 0.2) is 5.82 Å². The Morgan fingerprint density at radius 3 is 2.75 bits per heavy atom. The number of nitriles is 1. The predicted molar refractivity (Wildman–Crippen MR) is 122 cm³/mol. The summed E-state index contributed by atoms with van der Waals surface area (Å²) in [6.07, 6.45) is 2.75. The average Bonchev–Trinajstić information content (AvgIpc) is 3.08. The third kappa shape index (κ3) is 3.12. The van der Waals surface area contributed by atoms with E-state index in [0.717, 1.165) is 46.4 Å². The van der Waals surface area contributed by atoms with Crippen molar-refractivity contribution in [2.45, 2.75) is 26.8 Å². The lowest BCUT2D eigenvalue weighted by Gasteiger charge is -2.47. The van der Waals surface area contributed by atoms with E-state index in [0.29, 0.717) is 31.0 Å². The Labute approximate surface area is 186 Å². The molecule has 1 N–H and O–H groups in total. The van der Waals surface area contributed by atoms with Crippen LogP contribution in [0, 0.1) is 30.6 Å². The highest BCUT2D eigenvalue weighted by Crippen LogP contribution is 2.42. The standard InChI is InChI=1S/C24H25N7O/c1-15-17(10-25)5-4-6-18(15)11-27-22-19-9-21(26-12-20(19)16(2)28-29-22)31-13-24(14-31)7-8-30(3)23(24)32/h4-6,9,12H,7-8,11,13-14H2,1-3H3,(H,27,29). The minimum atomic E-state index is -0.248. The number of likely N-dealkylation sites (tertiary alicyclic amines) is 1. The van der Waals surface area contributed by atoms with Crippen molar-refractivity contribution in [2.75, 3.05) is 36.9 Å². The van der Waals surface area contributed by atoms with Crippen LogP contribution in [0.15, 0.2) is 30.5 Å². The number of carbonyl (C=O) groups is 1. The van der Waals surface area contributed by atoms with E-state index in [2.05, 4.69) is 31.5 Å². The molecule has 1 aromatic carbocycles. The Morgan fingerprint density at radius 1 is 1.22 bits per heavy atom. The molecule has 2 aliphatic rings. The van der Waals surface area contributed by atoms with Gasteiger partial charge >= 0.3 is 0 Å². The van der Waals surface area contributed by atoms with Gasteiger partial charge in [0.2, 0.25) is 5.91 Å². The van der Waals surface area contributed by atoms with Gasteiger partial charge in [-0.1, -0.05) is 12.1 Å². The molecule has 0 radical (unpaired) electrons. The SMILES string of the molecule is Cc1c(C#N)cccc1CNc1nnc(C)c2cnc(N3CC4(CCN(C)C4=O)C3)cc12. The summed E-state index contributed by atoms with van der Waals surface area (Å²) in [6.45, 7) is 6.65. The molecule has 2 fully saturated rings. The Balaban J connectivity index is 1.42. The van der Waals surface area contributed by atoms with Gasteiger partial charge in [0.1, 0.15) is 5.82 Å². The highest BCUT2D eigenvalue weighted by molar-refractivity contribution is 5.94. The highest BCUT2D eigenvalue weighted by atomic mass is 16.2. The summed E-state index contributed by atoms with van der Waals surface area (Å²) in [5, 5.41) is 23.3. The topological polar surface area (TPSA) is 98.0 Å². The minimum absolute atomic E-state index is 0.244. The molecule has 2 aromatic heterocycles. The van der Waals surface area contributed by atoms with Crippen LogP contribution in [0.1, 0.15) is 28.8 Å². The maximum Gasteiger partial charge on any atom is 0.232 e. The lowest BCUT2D eigenvalue weighted by Crippen LogP contribution is -2.60. The number of fused-ring (bicyclic) bond motifs is 1. The van der Waals surface area contributed by atoms with E-state index in [1.165, 1.54) is 0 Å². The molecule has 2 aliphatic heterocycles. The summed E-state index contributed by atoms with van der Waals surface area (Å²) >= 11 is 0. The van der Waals surface area contributed by atoms with Crippen LogP contribution in [-0.4, -0.2) is 52.7 Å². The van der Waals surface area contributed by atoms with E-state index in [4.69, 9.17) is 0 Å². The number of hydrogen-bond acceptors (Lipinski definition) is 7. The summed E-state index contributed by atoms with van der Waals surface area (Å²) in [7, 11) is 1.88. The summed E-state index contributed by atoms with van der Waals surface area (Å²) < 4.78 is 0. The van der Waals surface area contributed by atoms with Gasteiger partial charge in [-0.05, 0) is 43.5 Å². The zero-order valence-electron chi connectivity index (χ0n) is 18.5. The fourth-order valence-corrected chi connectivity index (χ4v) is 4.77. The fraction of sp³-hybridized carbons (Fsp3) is 0.375. The first kappa shape index (κ1) is 20.2. The van der Waals surface area contributed by atoms with Crippen LogP contribution < -0.4 is 10.2 Å². The third-order valence-corrected chi connectivity index (χ3v) is 6.88. The lowest BCUT2D eigenvalue weighted by atomic mass is 9.78. The normalized spacial score (nSPS) is 17.0. The second-order valence-electron chi connectivity index (χ2n) is 8.89. The van der Waals surface area contributed by atoms with Crippen molar-refractivity contribution < 1.29 is 4.79 Å². The van der Waals surface area contributed by atoms with Gasteiger partial charge < -0.3 is 15.1 Å². The molecule has 3 aromatic rings. The van der Waals surface area contributed by atoms with Crippen molar-refractivity contribution in [1.29, 1.82) is 5.26 Å². The average molecular weight is 428 g/mol. The van der Waals surface area contributed by atoms with E-state index < -0.39 is 0 Å². The number of nitrogens with zero attached hydrogens (tertiary/aromatic N) is 6. The van der Waals surface area contributed by atoms with E-state index in [-0.39, 0.29) is 11.3 Å². The van der Waals surface area contributed by atoms with Gasteiger partial charge in [-0.15, -0.1) is 5.10 Å². The van der Waals surface area contributed by atoms with Crippen LogP contribution in [0.2, 0.25) is 0 Å². The number of anilines is 2. The summed E-state index contributed by atoms with van der Waals surface area (Å²) in [4.78, 5) is 21.2. The van der Waals surface area contributed by atoms with Crippen LogP contribution >= 0.6 is 0 Å². The molecule has 0 aliphatic carbocycles. The molecule has 2 saturated heterocycles. The Hall–Kier alpha value is -3.73. The maximum atomic E-state index is 12.5. The summed E-state index contributed by atoms with van der Waals surface area (Å²) in [5.74, 6) is 1.78. The van der Waals surface area contributed by atoms with Crippen molar-refractivity contribution in [2.24, 2.45) is 5.41 Å². The number of benzene rings is 1. The van der Waals surface area contributed by atoms with Crippen LogP contribution in [0.5, 0.6) is 0 Å². The van der Waals surface area contributed by atoms with Crippen LogP contribution in [-0.2, 0) is 11.3 Å². The minimum Gasteiger partial charge on any atom is -0.364 e. The van der Waals surface area contributed by atoms with E-state index in [1.807, 2.05) is 56.3 Å². The van der Waals surface area contributed by atoms with Crippen LogP contribution in [0.25, 0.3) is 10.8 Å². The molecule has 0 saturated carbocycles. The number of aromatic nitrogens is 3. The molecular formula is C24H25N7O. The van der Waals surface area contributed by atoms with Crippen molar-refractivity contribution >= 4 is 28.3 Å². The van der Waals surface area contributed by atoms with Gasteiger partial charge in [-0.3, -0.25) is 4.79 Å². The van der Waals surface area contributed by atoms with E-state index in [1.54, 1.807) is 0 Å². The lowest BCUT2D eigenvalue weighted by molar-refractivity contribution is -0.136. The first-order chi connectivity index (χ1) is 15.4. The molecule has 1 amide bonds. The smallest absolute Gasteiger partial charge is 0.232 e. The quantitative estimate of drug-likeness (QED) is 0.684. The molecule has 0 atom stereocenters. The van der Waals surface area contributed by atoms with Crippen molar-refractivity contribution in [3.63, 3.8) is 0 Å². The number of aryl methyl sites for hydroxylation is 1. The van der Waals surface area contributed by atoms with Gasteiger partial charge in [0.05, 0.1) is 22.7 Å². The van der Waals surface area contributed by atoms with Crippen LogP contribution in [0.4, 0.5) is 11.6 Å². The molecule has 0 unspecified atom stereocenters. The summed E-state index contributed by atoms with van der Waals surface area (Å²) in [5.41, 5.74) is 3.26. The van der Waals surface area contributed by atoms with Gasteiger partial charge in [-0.2, -0.15) is 10.4 Å². The Bertz CT molecular complexity index is 1270. The molecule has 0 bridgehead atoms. The largest absolute Gasteiger partial charge is 0.364 e.